The molecule has 148 valence electrons. The number of ether oxygens (including phenoxy) is 1. The second-order valence-corrected chi connectivity index (χ2v) is 7.37. The largest absolute Gasteiger partial charge is 0.496 e. The number of nitrogens with one attached hydrogen (secondary N) is 1. The van der Waals surface area contributed by atoms with Crippen LogP contribution in [-0.2, 0) is 20.1 Å². The van der Waals surface area contributed by atoms with Gasteiger partial charge in [-0.05, 0) is 49.7 Å². The number of methoxy groups -OCH3 is 1. The first-order valence-corrected chi connectivity index (χ1v) is 9.78. The van der Waals surface area contributed by atoms with E-state index in [9.17, 15) is 0 Å². The summed E-state index contributed by atoms with van der Waals surface area (Å²) in [5, 5.41) is 9.04. The predicted molar refractivity (Wildman–Crippen MR) is 117 cm³/mol. The van der Waals surface area contributed by atoms with Crippen molar-refractivity contribution in [2.75, 3.05) is 7.11 Å². The van der Waals surface area contributed by atoms with Gasteiger partial charge in [0, 0.05) is 42.3 Å². The van der Waals surface area contributed by atoms with E-state index in [1.54, 1.807) is 7.11 Å². The molecule has 0 atom stereocenters. The van der Waals surface area contributed by atoms with Gasteiger partial charge in [-0.2, -0.15) is 5.10 Å². The Bertz CT molecular complexity index is 1160. The Morgan fingerprint density at radius 2 is 1.79 bits per heavy atom. The minimum absolute atomic E-state index is 0.707. The number of para-hydroxylation sites is 1. The fraction of sp³-hybridized carbons (Fsp3) is 0.250. The first-order valence-electron chi connectivity index (χ1n) is 9.78. The van der Waals surface area contributed by atoms with Gasteiger partial charge in [0.1, 0.15) is 5.75 Å². The summed E-state index contributed by atoms with van der Waals surface area (Å²) in [5.41, 5.74) is 7.71. The SMILES string of the molecule is COc1ccccc1-c1nc2ccc(C)cc2cc1CNCc1cnn(C)c1C. The lowest BCUT2D eigenvalue weighted by molar-refractivity contribution is 0.416. The molecule has 0 radical (unpaired) electrons. The molecule has 0 aliphatic heterocycles. The Labute approximate surface area is 171 Å². The average Bonchev–Trinajstić information content (AvgIpc) is 3.05. The van der Waals surface area contributed by atoms with Crippen LogP contribution in [-0.4, -0.2) is 21.9 Å². The number of aromatic nitrogens is 3. The molecule has 5 heteroatoms. The third-order valence-corrected chi connectivity index (χ3v) is 5.38. The maximum Gasteiger partial charge on any atom is 0.128 e. The molecule has 0 aliphatic carbocycles. The molecule has 2 aromatic heterocycles. The van der Waals surface area contributed by atoms with Gasteiger partial charge in [-0.1, -0.05) is 23.8 Å². The molecule has 1 N–H and O–H groups in total. The summed E-state index contributed by atoms with van der Waals surface area (Å²) in [6.45, 7) is 5.66. The Morgan fingerprint density at radius 1 is 1.00 bits per heavy atom. The molecule has 2 aromatic carbocycles. The van der Waals surface area contributed by atoms with Crippen molar-refractivity contribution in [2.24, 2.45) is 7.05 Å². The minimum atomic E-state index is 0.707. The summed E-state index contributed by atoms with van der Waals surface area (Å²) in [5.74, 6) is 0.829. The van der Waals surface area contributed by atoms with Crippen LogP contribution in [0.5, 0.6) is 5.75 Å². The van der Waals surface area contributed by atoms with Crippen LogP contribution in [0.4, 0.5) is 0 Å². The van der Waals surface area contributed by atoms with Gasteiger partial charge in [0.2, 0.25) is 0 Å². The van der Waals surface area contributed by atoms with Crippen LogP contribution in [0.2, 0.25) is 0 Å². The van der Waals surface area contributed by atoms with E-state index in [1.807, 2.05) is 36.1 Å². The topological polar surface area (TPSA) is 52.0 Å². The molecule has 0 aliphatic rings. The smallest absolute Gasteiger partial charge is 0.128 e. The number of rotatable bonds is 6. The highest BCUT2D eigenvalue weighted by atomic mass is 16.5. The normalized spacial score (nSPS) is 11.2. The molecule has 4 aromatic rings. The number of hydrogen-bond donors (Lipinski definition) is 1. The van der Waals surface area contributed by atoms with E-state index in [1.165, 1.54) is 16.8 Å². The van der Waals surface area contributed by atoms with Crippen molar-refractivity contribution < 1.29 is 4.74 Å². The highest BCUT2D eigenvalue weighted by molar-refractivity contribution is 5.85. The Morgan fingerprint density at radius 3 is 2.55 bits per heavy atom. The van der Waals surface area contributed by atoms with Crippen molar-refractivity contribution in [2.45, 2.75) is 26.9 Å². The number of aryl methyl sites for hydroxylation is 2. The molecule has 5 nitrogen and oxygen atoms in total. The van der Waals surface area contributed by atoms with Crippen molar-refractivity contribution in [1.82, 2.24) is 20.1 Å². The molecule has 0 spiro atoms. The summed E-state index contributed by atoms with van der Waals surface area (Å²) in [6.07, 6.45) is 1.92. The first-order chi connectivity index (χ1) is 14.1. The third kappa shape index (κ3) is 3.87. The van der Waals surface area contributed by atoms with Gasteiger partial charge in [-0.15, -0.1) is 0 Å². The zero-order chi connectivity index (χ0) is 20.4. The number of fused-ring (bicyclic) bond motifs is 1. The molecular formula is C24H26N4O. The summed E-state index contributed by atoms with van der Waals surface area (Å²) in [4.78, 5) is 5.01. The quantitative estimate of drug-likeness (QED) is 0.528. The Balaban J connectivity index is 1.72. The summed E-state index contributed by atoms with van der Waals surface area (Å²) in [7, 11) is 3.67. The molecule has 29 heavy (non-hydrogen) atoms. The Hall–Kier alpha value is -3.18. The molecule has 4 rings (SSSR count). The maximum absolute atomic E-state index is 5.61. The van der Waals surface area contributed by atoms with Crippen LogP contribution in [0.25, 0.3) is 22.2 Å². The van der Waals surface area contributed by atoms with Crippen molar-refractivity contribution >= 4 is 10.9 Å². The van der Waals surface area contributed by atoms with E-state index in [4.69, 9.17) is 9.72 Å². The molecular weight excluding hydrogens is 360 g/mol. The van der Waals surface area contributed by atoms with Gasteiger partial charge in [0.25, 0.3) is 0 Å². The number of benzene rings is 2. The molecule has 0 unspecified atom stereocenters. The third-order valence-electron chi connectivity index (χ3n) is 5.38. The van der Waals surface area contributed by atoms with Gasteiger partial charge in [-0.3, -0.25) is 4.68 Å². The van der Waals surface area contributed by atoms with Crippen molar-refractivity contribution in [3.05, 3.63) is 77.1 Å². The van der Waals surface area contributed by atoms with Gasteiger partial charge in [0.05, 0.1) is 24.5 Å². The van der Waals surface area contributed by atoms with Gasteiger partial charge in [0.15, 0.2) is 0 Å². The van der Waals surface area contributed by atoms with Crippen LogP contribution in [0.15, 0.2) is 54.7 Å². The average molecular weight is 386 g/mol. The van der Waals surface area contributed by atoms with Crippen LogP contribution in [0.1, 0.15) is 22.4 Å². The first kappa shape index (κ1) is 19.2. The molecule has 0 saturated heterocycles. The van der Waals surface area contributed by atoms with E-state index in [-0.39, 0.29) is 0 Å². The van der Waals surface area contributed by atoms with Crippen molar-refractivity contribution in [3.63, 3.8) is 0 Å². The van der Waals surface area contributed by atoms with Crippen molar-refractivity contribution in [1.29, 1.82) is 0 Å². The fourth-order valence-corrected chi connectivity index (χ4v) is 3.60. The number of nitrogens with zero attached hydrogens (tertiary/aromatic N) is 3. The number of hydrogen-bond acceptors (Lipinski definition) is 4. The fourth-order valence-electron chi connectivity index (χ4n) is 3.60. The zero-order valence-corrected chi connectivity index (χ0v) is 17.4. The van der Waals surface area contributed by atoms with Crippen molar-refractivity contribution in [3.8, 4) is 17.0 Å². The maximum atomic E-state index is 5.61. The van der Waals surface area contributed by atoms with Gasteiger partial charge < -0.3 is 10.1 Å². The van der Waals surface area contributed by atoms with E-state index in [2.05, 4.69) is 54.6 Å². The monoisotopic (exact) mass is 386 g/mol. The molecule has 0 fully saturated rings. The number of pyridine rings is 1. The predicted octanol–water partition coefficient (Wildman–Crippen LogP) is 4.55. The van der Waals surface area contributed by atoms with E-state index in [0.717, 1.165) is 40.0 Å². The zero-order valence-electron chi connectivity index (χ0n) is 17.4. The van der Waals surface area contributed by atoms with E-state index >= 15 is 0 Å². The highest BCUT2D eigenvalue weighted by Crippen LogP contribution is 2.32. The molecule has 0 amide bonds. The van der Waals surface area contributed by atoms with Gasteiger partial charge in [-0.25, -0.2) is 4.98 Å². The summed E-state index contributed by atoms with van der Waals surface area (Å²) >= 11 is 0. The second-order valence-electron chi connectivity index (χ2n) is 7.37. The molecule has 0 saturated carbocycles. The van der Waals surface area contributed by atoms with Crippen LogP contribution < -0.4 is 10.1 Å². The lowest BCUT2D eigenvalue weighted by Crippen LogP contribution is -2.14. The van der Waals surface area contributed by atoms with E-state index < -0.39 is 0 Å². The standard InChI is InChI=1S/C24H26N4O/c1-16-9-10-22-18(11-16)12-19(13-25-14-20-15-26-28(3)17(20)2)24(27-22)21-7-5-6-8-23(21)29-4/h5-12,15,25H,13-14H2,1-4H3. The van der Waals surface area contributed by atoms with E-state index in [0.29, 0.717) is 6.54 Å². The highest BCUT2D eigenvalue weighted by Gasteiger charge is 2.14. The van der Waals surface area contributed by atoms with Gasteiger partial charge >= 0.3 is 0 Å². The summed E-state index contributed by atoms with van der Waals surface area (Å²) < 4.78 is 7.51. The van der Waals surface area contributed by atoms with Crippen LogP contribution in [0, 0.1) is 13.8 Å². The van der Waals surface area contributed by atoms with Crippen LogP contribution in [0.3, 0.4) is 0 Å². The van der Waals surface area contributed by atoms with Crippen LogP contribution >= 0.6 is 0 Å². The lowest BCUT2D eigenvalue weighted by Gasteiger charge is -2.15. The Kier molecular flexibility index (Phi) is 5.32. The molecule has 0 bridgehead atoms. The minimum Gasteiger partial charge on any atom is -0.496 e. The summed E-state index contributed by atoms with van der Waals surface area (Å²) in [6, 6.07) is 16.7. The lowest BCUT2D eigenvalue weighted by atomic mass is 10.0. The molecule has 2 heterocycles. The second kappa shape index (κ2) is 8.05.